The summed E-state index contributed by atoms with van der Waals surface area (Å²) in [6.45, 7) is 11.6. The minimum atomic E-state index is -0.185. The Morgan fingerprint density at radius 3 is 2.29 bits per heavy atom. The van der Waals surface area contributed by atoms with Gasteiger partial charge in [0, 0.05) is 31.5 Å². The molecule has 1 aliphatic heterocycles. The first kappa shape index (κ1) is 14.7. The van der Waals surface area contributed by atoms with Gasteiger partial charge >= 0.3 is 0 Å². The molecule has 0 aromatic carbocycles. The average molecular weight is 240 g/mol. The van der Waals surface area contributed by atoms with Crippen LogP contribution in [-0.4, -0.2) is 55.4 Å². The van der Waals surface area contributed by atoms with Gasteiger partial charge in [0.25, 0.3) is 0 Å². The third kappa shape index (κ3) is 5.64. The Bertz CT molecular complexity index is 239. The van der Waals surface area contributed by atoms with Gasteiger partial charge in [-0.3, -0.25) is 4.79 Å². The molecule has 1 fully saturated rings. The molecule has 0 aromatic heterocycles. The van der Waals surface area contributed by atoms with E-state index in [-0.39, 0.29) is 5.41 Å². The molecule has 1 heterocycles. The van der Waals surface area contributed by atoms with Crippen LogP contribution in [0.25, 0.3) is 0 Å². The van der Waals surface area contributed by atoms with Crippen LogP contribution >= 0.6 is 0 Å². The molecule has 0 radical (unpaired) electrons. The van der Waals surface area contributed by atoms with Crippen LogP contribution in [0.3, 0.4) is 0 Å². The predicted molar refractivity (Wildman–Crippen MR) is 72.3 cm³/mol. The fraction of sp³-hybridized carbons (Fsp3) is 0.929. The summed E-state index contributed by atoms with van der Waals surface area (Å²) in [5.74, 6) is 0.366. The highest BCUT2D eigenvalue weighted by Crippen LogP contribution is 2.16. The highest BCUT2D eigenvalue weighted by molar-refractivity contribution is 5.83. The number of likely N-dealkylation sites (N-methyl/N-ethyl adjacent to an activating group) is 1. The van der Waals surface area contributed by atoms with E-state index in [0.29, 0.717) is 12.2 Å². The van der Waals surface area contributed by atoms with Crippen LogP contribution in [0.1, 0.15) is 40.0 Å². The molecule has 0 N–H and O–H groups in total. The van der Waals surface area contributed by atoms with E-state index in [9.17, 15) is 4.79 Å². The maximum atomic E-state index is 11.8. The average Bonchev–Trinajstić information content (AvgIpc) is 2.74. The molecule has 0 saturated carbocycles. The number of carbonyl (C=O) groups excluding carboxylic acids is 1. The Hall–Kier alpha value is -0.410. The number of ketones is 1. The lowest BCUT2D eigenvalue weighted by molar-refractivity contribution is -0.126. The van der Waals surface area contributed by atoms with Crippen molar-refractivity contribution in [3.63, 3.8) is 0 Å². The molecular formula is C14H28N2O. The Balaban J connectivity index is 2.12. The number of nitrogens with zero attached hydrogens (tertiary/aromatic N) is 2. The van der Waals surface area contributed by atoms with Gasteiger partial charge < -0.3 is 9.80 Å². The third-order valence-corrected chi connectivity index (χ3v) is 3.55. The van der Waals surface area contributed by atoms with Gasteiger partial charge in [0.2, 0.25) is 0 Å². The van der Waals surface area contributed by atoms with Crippen LogP contribution in [0.4, 0.5) is 0 Å². The molecule has 3 heteroatoms. The van der Waals surface area contributed by atoms with E-state index in [2.05, 4.69) is 16.8 Å². The molecule has 17 heavy (non-hydrogen) atoms. The normalized spacial score (nSPS) is 17.9. The highest BCUT2D eigenvalue weighted by Gasteiger charge is 2.21. The maximum absolute atomic E-state index is 11.8. The summed E-state index contributed by atoms with van der Waals surface area (Å²) >= 11 is 0. The lowest BCUT2D eigenvalue weighted by Gasteiger charge is -2.23. The summed E-state index contributed by atoms with van der Waals surface area (Å²) < 4.78 is 0. The first-order valence-electron chi connectivity index (χ1n) is 6.84. The van der Waals surface area contributed by atoms with Gasteiger partial charge in [0.15, 0.2) is 0 Å². The molecule has 0 spiro atoms. The lowest BCUT2D eigenvalue weighted by Crippen LogP contribution is -2.33. The van der Waals surface area contributed by atoms with E-state index in [0.717, 1.165) is 19.6 Å². The van der Waals surface area contributed by atoms with E-state index >= 15 is 0 Å². The van der Waals surface area contributed by atoms with Crippen LogP contribution < -0.4 is 0 Å². The van der Waals surface area contributed by atoms with E-state index in [1.54, 1.807) is 0 Å². The number of likely N-dealkylation sites (tertiary alicyclic amines) is 1. The first-order chi connectivity index (χ1) is 7.89. The topological polar surface area (TPSA) is 23.6 Å². The number of carbonyl (C=O) groups is 1. The smallest absolute Gasteiger partial charge is 0.139 e. The summed E-state index contributed by atoms with van der Waals surface area (Å²) in [5, 5.41) is 0. The second-order valence-corrected chi connectivity index (χ2v) is 6.28. The van der Waals surface area contributed by atoms with Crippen molar-refractivity contribution in [3.8, 4) is 0 Å². The van der Waals surface area contributed by atoms with Gasteiger partial charge in [0.05, 0.1) is 0 Å². The maximum Gasteiger partial charge on any atom is 0.139 e. The van der Waals surface area contributed by atoms with Gasteiger partial charge in [-0.15, -0.1) is 0 Å². The minimum absolute atomic E-state index is 0.185. The molecule has 1 rings (SSSR count). The molecule has 0 atom stereocenters. The van der Waals surface area contributed by atoms with E-state index < -0.39 is 0 Å². The molecular weight excluding hydrogens is 212 g/mol. The third-order valence-electron chi connectivity index (χ3n) is 3.55. The second-order valence-electron chi connectivity index (χ2n) is 6.28. The SMILES string of the molecule is CN(CCC(=O)C(C)(C)C)CCN1CCCC1. The van der Waals surface area contributed by atoms with E-state index in [1.807, 2.05) is 20.8 Å². The van der Waals surface area contributed by atoms with Crippen LogP contribution in [0.15, 0.2) is 0 Å². The summed E-state index contributed by atoms with van der Waals surface area (Å²) in [7, 11) is 2.12. The molecule has 0 unspecified atom stereocenters. The van der Waals surface area contributed by atoms with Crippen molar-refractivity contribution < 1.29 is 4.79 Å². The highest BCUT2D eigenvalue weighted by atomic mass is 16.1. The summed E-state index contributed by atoms with van der Waals surface area (Å²) in [6.07, 6.45) is 3.39. The zero-order chi connectivity index (χ0) is 12.9. The molecule has 0 amide bonds. The molecule has 1 saturated heterocycles. The summed E-state index contributed by atoms with van der Waals surface area (Å²) in [5.41, 5.74) is -0.185. The van der Waals surface area contributed by atoms with Crippen molar-refractivity contribution in [2.75, 3.05) is 39.8 Å². The van der Waals surface area contributed by atoms with Crippen LogP contribution in [0, 0.1) is 5.41 Å². The van der Waals surface area contributed by atoms with Crippen molar-refractivity contribution in [1.29, 1.82) is 0 Å². The molecule has 1 aliphatic rings. The van der Waals surface area contributed by atoms with Crippen LogP contribution in [0.5, 0.6) is 0 Å². The molecule has 0 aliphatic carbocycles. The fourth-order valence-electron chi connectivity index (χ4n) is 2.10. The standard InChI is InChI=1S/C14H28N2O/c1-14(2,3)13(17)7-10-15(4)11-12-16-8-5-6-9-16/h5-12H2,1-4H3. The zero-order valence-electron chi connectivity index (χ0n) is 12.0. The number of hydrogen-bond donors (Lipinski definition) is 0. The quantitative estimate of drug-likeness (QED) is 0.709. The largest absolute Gasteiger partial charge is 0.305 e. The van der Waals surface area contributed by atoms with Crippen LogP contribution in [-0.2, 0) is 4.79 Å². The molecule has 0 aromatic rings. The Morgan fingerprint density at radius 1 is 1.18 bits per heavy atom. The summed E-state index contributed by atoms with van der Waals surface area (Å²) in [6, 6.07) is 0. The number of rotatable bonds is 6. The first-order valence-corrected chi connectivity index (χ1v) is 6.84. The molecule has 0 bridgehead atoms. The van der Waals surface area contributed by atoms with Crippen LogP contribution in [0.2, 0.25) is 0 Å². The van der Waals surface area contributed by atoms with Crippen molar-refractivity contribution >= 4 is 5.78 Å². The minimum Gasteiger partial charge on any atom is -0.305 e. The molecule has 100 valence electrons. The molecule has 3 nitrogen and oxygen atoms in total. The summed E-state index contributed by atoms with van der Waals surface area (Å²) in [4.78, 5) is 16.6. The van der Waals surface area contributed by atoms with Crippen molar-refractivity contribution in [2.45, 2.75) is 40.0 Å². The predicted octanol–water partition coefficient (Wildman–Crippen LogP) is 2.02. The van der Waals surface area contributed by atoms with Gasteiger partial charge in [-0.25, -0.2) is 0 Å². The lowest BCUT2D eigenvalue weighted by atomic mass is 9.89. The van der Waals surface area contributed by atoms with Gasteiger partial charge in [-0.05, 0) is 33.0 Å². The van der Waals surface area contributed by atoms with E-state index in [1.165, 1.54) is 25.9 Å². The van der Waals surface area contributed by atoms with Gasteiger partial charge in [-0.2, -0.15) is 0 Å². The number of hydrogen-bond acceptors (Lipinski definition) is 3. The van der Waals surface area contributed by atoms with Crippen molar-refractivity contribution in [3.05, 3.63) is 0 Å². The fourth-order valence-corrected chi connectivity index (χ4v) is 2.10. The monoisotopic (exact) mass is 240 g/mol. The van der Waals surface area contributed by atoms with Crippen molar-refractivity contribution in [2.24, 2.45) is 5.41 Å². The van der Waals surface area contributed by atoms with Gasteiger partial charge in [-0.1, -0.05) is 20.8 Å². The Morgan fingerprint density at radius 2 is 1.76 bits per heavy atom. The second kappa shape index (κ2) is 6.50. The Kier molecular flexibility index (Phi) is 5.60. The van der Waals surface area contributed by atoms with E-state index in [4.69, 9.17) is 0 Å². The van der Waals surface area contributed by atoms with Crippen molar-refractivity contribution in [1.82, 2.24) is 9.80 Å². The Labute approximate surface area is 106 Å². The number of Topliss-reactive ketones (excluding diaryl/α,β-unsaturated/α-hetero) is 1. The van der Waals surface area contributed by atoms with Gasteiger partial charge in [0.1, 0.15) is 5.78 Å². The zero-order valence-corrected chi connectivity index (χ0v) is 12.0.